The van der Waals surface area contributed by atoms with Gasteiger partial charge in [-0.3, -0.25) is 4.68 Å². The molecule has 6 nitrogen and oxygen atoms in total. The Morgan fingerprint density at radius 1 is 1.30 bits per heavy atom. The van der Waals surface area contributed by atoms with Crippen LogP contribution in [-0.4, -0.2) is 24.5 Å². The first-order valence-corrected chi connectivity index (χ1v) is 7.01. The third-order valence-corrected chi connectivity index (χ3v) is 3.76. The van der Waals surface area contributed by atoms with Gasteiger partial charge in [0, 0.05) is 19.2 Å². The molecule has 0 aromatic carbocycles. The van der Waals surface area contributed by atoms with Crippen molar-refractivity contribution in [3.8, 4) is 0 Å². The largest absolute Gasteiger partial charge is 0.396 e. The predicted molar refractivity (Wildman–Crippen MR) is 79.9 cm³/mol. The van der Waals surface area contributed by atoms with Gasteiger partial charge in [-0.25, -0.2) is 0 Å². The molecule has 0 bridgehead atoms. The number of anilines is 1. The molecule has 20 heavy (non-hydrogen) atoms. The van der Waals surface area contributed by atoms with Crippen molar-refractivity contribution in [2.75, 3.05) is 5.73 Å². The van der Waals surface area contributed by atoms with Crippen LogP contribution in [0.15, 0.2) is 12.4 Å². The molecule has 2 aromatic heterocycles. The maximum atomic E-state index is 5.76. The summed E-state index contributed by atoms with van der Waals surface area (Å²) >= 11 is 0. The topological polar surface area (TPSA) is 74.5 Å². The zero-order chi connectivity index (χ0) is 13.2. The number of rotatable bonds is 3. The lowest BCUT2D eigenvalue weighted by Crippen LogP contribution is -2.17. The van der Waals surface area contributed by atoms with Crippen molar-refractivity contribution in [1.82, 2.24) is 24.5 Å². The second-order valence-electron chi connectivity index (χ2n) is 5.11. The lowest BCUT2D eigenvalue weighted by molar-refractivity contribution is 0.454. The third-order valence-electron chi connectivity index (χ3n) is 3.76. The zero-order valence-electron chi connectivity index (χ0n) is 11.7. The molecule has 0 amide bonds. The first kappa shape index (κ1) is 14.8. The number of aryl methyl sites for hydroxylation is 1. The quantitative estimate of drug-likeness (QED) is 0.942. The zero-order valence-corrected chi connectivity index (χ0v) is 12.5. The number of nitrogens with zero attached hydrogens (tertiary/aromatic N) is 5. The molecule has 0 fully saturated rings. The molecule has 110 valence electrons. The van der Waals surface area contributed by atoms with Gasteiger partial charge in [0.1, 0.15) is 11.9 Å². The van der Waals surface area contributed by atoms with Gasteiger partial charge in [0.15, 0.2) is 5.82 Å². The van der Waals surface area contributed by atoms with Crippen molar-refractivity contribution in [3.05, 3.63) is 24.0 Å². The summed E-state index contributed by atoms with van der Waals surface area (Å²) in [7, 11) is 0. The molecular weight excluding hydrogens is 276 g/mol. The van der Waals surface area contributed by atoms with E-state index in [-0.39, 0.29) is 18.4 Å². The Morgan fingerprint density at radius 2 is 2.15 bits per heavy atom. The molecule has 7 heteroatoms. The van der Waals surface area contributed by atoms with Gasteiger partial charge in [-0.1, -0.05) is 13.3 Å². The molecule has 2 aromatic rings. The van der Waals surface area contributed by atoms with Gasteiger partial charge in [-0.05, 0) is 19.3 Å². The molecule has 3 heterocycles. The van der Waals surface area contributed by atoms with Crippen LogP contribution in [0.3, 0.4) is 0 Å². The summed E-state index contributed by atoms with van der Waals surface area (Å²) < 4.78 is 4.18. The predicted octanol–water partition coefficient (Wildman–Crippen LogP) is 2.20. The lowest BCUT2D eigenvalue weighted by Gasteiger charge is -2.16. The second kappa shape index (κ2) is 6.26. The Balaban J connectivity index is 0.00000147. The van der Waals surface area contributed by atoms with Gasteiger partial charge in [0.05, 0.1) is 11.9 Å². The van der Waals surface area contributed by atoms with Crippen LogP contribution in [0.2, 0.25) is 0 Å². The highest BCUT2D eigenvalue weighted by Crippen LogP contribution is 2.24. The Bertz CT molecular complexity index is 561. The summed E-state index contributed by atoms with van der Waals surface area (Å²) in [5, 5.41) is 13.1. The highest BCUT2D eigenvalue weighted by molar-refractivity contribution is 5.85. The number of fused-ring (bicyclic) bond motifs is 1. The van der Waals surface area contributed by atoms with Crippen LogP contribution in [0, 0.1) is 0 Å². The van der Waals surface area contributed by atoms with Crippen LogP contribution >= 0.6 is 12.4 Å². The van der Waals surface area contributed by atoms with Crippen molar-refractivity contribution < 1.29 is 0 Å². The average molecular weight is 297 g/mol. The van der Waals surface area contributed by atoms with E-state index in [1.807, 2.05) is 10.9 Å². The Labute approximate surface area is 124 Å². The van der Waals surface area contributed by atoms with Gasteiger partial charge in [0.25, 0.3) is 0 Å². The van der Waals surface area contributed by atoms with E-state index in [1.54, 1.807) is 6.20 Å². The van der Waals surface area contributed by atoms with E-state index in [2.05, 4.69) is 26.8 Å². The summed E-state index contributed by atoms with van der Waals surface area (Å²) in [5.41, 5.74) is 6.45. The summed E-state index contributed by atoms with van der Waals surface area (Å²) in [6.45, 7) is 3.16. The van der Waals surface area contributed by atoms with Crippen molar-refractivity contribution in [2.24, 2.45) is 0 Å². The first-order valence-electron chi connectivity index (χ1n) is 7.01. The SMILES string of the molecule is CCC(c1nnc2n1CCCCC2)n1cc(N)cn1.Cl. The van der Waals surface area contributed by atoms with Gasteiger partial charge in [-0.15, -0.1) is 22.6 Å². The van der Waals surface area contributed by atoms with E-state index in [9.17, 15) is 0 Å². The van der Waals surface area contributed by atoms with Crippen molar-refractivity contribution in [2.45, 2.75) is 51.6 Å². The molecule has 0 saturated carbocycles. The van der Waals surface area contributed by atoms with Crippen LogP contribution in [0.25, 0.3) is 0 Å². The summed E-state index contributed by atoms with van der Waals surface area (Å²) in [4.78, 5) is 0. The maximum absolute atomic E-state index is 5.76. The van der Waals surface area contributed by atoms with Crippen LogP contribution in [0.5, 0.6) is 0 Å². The smallest absolute Gasteiger partial charge is 0.157 e. The molecule has 0 saturated heterocycles. The minimum Gasteiger partial charge on any atom is -0.396 e. The maximum Gasteiger partial charge on any atom is 0.157 e. The van der Waals surface area contributed by atoms with Crippen LogP contribution in [0.1, 0.15) is 50.3 Å². The lowest BCUT2D eigenvalue weighted by atomic mass is 10.2. The van der Waals surface area contributed by atoms with Gasteiger partial charge in [0.2, 0.25) is 0 Å². The highest BCUT2D eigenvalue weighted by atomic mass is 35.5. The molecule has 2 N–H and O–H groups in total. The monoisotopic (exact) mass is 296 g/mol. The summed E-state index contributed by atoms with van der Waals surface area (Å²) in [6, 6.07) is 0.122. The number of hydrogen-bond donors (Lipinski definition) is 1. The summed E-state index contributed by atoms with van der Waals surface area (Å²) in [6.07, 6.45) is 9.20. The van der Waals surface area contributed by atoms with Gasteiger partial charge >= 0.3 is 0 Å². The van der Waals surface area contributed by atoms with E-state index in [0.717, 1.165) is 31.0 Å². The van der Waals surface area contributed by atoms with E-state index in [0.29, 0.717) is 5.69 Å². The van der Waals surface area contributed by atoms with E-state index < -0.39 is 0 Å². The average Bonchev–Trinajstić information content (AvgIpc) is 2.92. The van der Waals surface area contributed by atoms with Crippen LogP contribution in [0.4, 0.5) is 5.69 Å². The molecule has 1 aliphatic heterocycles. The van der Waals surface area contributed by atoms with E-state index >= 15 is 0 Å². The minimum atomic E-state index is 0. The van der Waals surface area contributed by atoms with Crippen LogP contribution < -0.4 is 5.73 Å². The molecule has 0 aliphatic carbocycles. The normalized spacial score (nSPS) is 16.1. The first-order chi connectivity index (χ1) is 9.29. The standard InChI is InChI=1S/C13H20N6.ClH/c1-2-11(19-9-10(14)8-15-19)13-17-16-12-6-4-3-5-7-18(12)13;/h8-9,11H,2-7,14H2,1H3;1H. The Morgan fingerprint density at radius 3 is 2.85 bits per heavy atom. The Hall–Kier alpha value is -1.56. The summed E-state index contributed by atoms with van der Waals surface area (Å²) in [5.74, 6) is 2.13. The van der Waals surface area contributed by atoms with E-state index in [4.69, 9.17) is 5.73 Å². The molecule has 0 radical (unpaired) electrons. The van der Waals surface area contributed by atoms with Crippen molar-refractivity contribution in [1.29, 1.82) is 0 Å². The third kappa shape index (κ3) is 2.65. The number of aromatic nitrogens is 5. The van der Waals surface area contributed by atoms with Gasteiger partial charge in [-0.2, -0.15) is 5.10 Å². The second-order valence-corrected chi connectivity index (χ2v) is 5.11. The number of nitrogen functional groups attached to an aromatic ring is 1. The van der Waals surface area contributed by atoms with E-state index in [1.165, 1.54) is 19.3 Å². The molecule has 3 rings (SSSR count). The molecule has 0 spiro atoms. The van der Waals surface area contributed by atoms with Crippen LogP contribution in [-0.2, 0) is 13.0 Å². The minimum absolute atomic E-state index is 0. The Kier molecular flexibility index (Phi) is 4.65. The number of nitrogens with two attached hydrogens (primary N) is 1. The fourth-order valence-electron chi connectivity index (χ4n) is 2.77. The number of hydrogen-bond acceptors (Lipinski definition) is 4. The highest BCUT2D eigenvalue weighted by Gasteiger charge is 2.22. The van der Waals surface area contributed by atoms with Crippen molar-refractivity contribution in [3.63, 3.8) is 0 Å². The fraction of sp³-hybridized carbons (Fsp3) is 0.615. The molecule has 1 aliphatic rings. The molecule has 1 atom stereocenters. The fourth-order valence-corrected chi connectivity index (χ4v) is 2.77. The van der Waals surface area contributed by atoms with Crippen molar-refractivity contribution >= 4 is 18.1 Å². The molecular formula is C13H21ClN6. The van der Waals surface area contributed by atoms with Gasteiger partial charge < -0.3 is 10.3 Å². The number of halogens is 1. The molecule has 1 unspecified atom stereocenters.